The minimum Gasteiger partial charge on any atom is -0.494 e. The molecule has 4 nitrogen and oxygen atoms in total. The highest BCUT2D eigenvalue weighted by Crippen LogP contribution is 2.36. The fourth-order valence-electron chi connectivity index (χ4n) is 1.90. The highest BCUT2D eigenvalue weighted by Gasteiger charge is 2.15. The van der Waals surface area contributed by atoms with Crippen LogP contribution >= 0.6 is 11.3 Å². The van der Waals surface area contributed by atoms with E-state index in [9.17, 15) is 0 Å². The topological polar surface area (TPSA) is 61.3 Å². The van der Waals surface area contributed by atoms with Crippen molar-refractivity contribution in [3.05, 3.63) is 29.1 Å². The van der Waals surface area contributed by atoms with Crippen molar-refractivity contribution in [1.82, 2.24) is 4.98 Å². The summed E-state index contributed by atoms with van der Waals surface area (Å²) in [5.74, 6) is 1.24. The summed E-state index contributed by atoms with van der Waals surface area (Å²) in [5.41, 5.74) is 8.22. The van der Waals surface area contributed by atoms with Crippen molar-refractivity contribution in [2.45, 2.75) is 6.92 Å². The third-order valence-electron chi connectivity index (χ3n) is 2.72. The number of ether oxygens (including phenoxy) is 1. The lowest BCUT2D eigenvalue weighted by molar-refractivity contribution is 0.419. The van der Waals surface area contributed by atoms with Gasteiger partial charge in [-0.15, -0.1) is 11.3 Å². The molecule has 0 aliphatic rings. The molecule has 0 aliphatic heterocycles. The second-order valence-electron chi connectivity index (χ2n) is 3.96. The average Bonchev–Trinajstić information content (AvgIpc) is 2.91. The predicted octanol–water partition coefficient (Wildman–Crippen LogP) is 3.46. The molecule has 18 heavy (non-hydrogen) atoms. The molecule has 1 aromatic carbocycles. The number of methoxy groups -OCH3 is 1. The Balaban J connectivity index is 2.22. The molecule has 0 spiro atoms. The smallest absolute Gasteiger partial charge is 0.230 e. The molecule has 5 heteroatoms. The SMILES string of the molecule is COc1cccc2oc(-c3cc(C)sc3N)nc12. The Morgan fingerprint density at radius 2 is 2.22 bits per heavy atom. The van der Waals surface area contributed by atoms with E-state index in [2.05, 4.69) is 4.98 Å². The number of hydrogen-bond donors (Lipinski definition) is 1. The van der Waals surface area contributed by atoms with Gasteiger partial charge >= 0.3 is 0 Å². The highest BCUT2D eigenvalue weighted by molar-refractivity contribution is 7.16. The predicted molar refractivity (Wildman–Crippen MR) is 73.0 cm³/mol. The van der Waals surface area contributed by atoms with E-state index in [0.717, 1.165) is 21.0 Å². The fraction of sp³-hybridized carbons (Fsp3) is 0.154. The van der Waals surface area contributed by atoms with E-state index in [4.69, 9.17) is 14.9 Å². The number of aromatic nitrogens is 1. The molecule has 3 aromatic rings. The second-order valence-corrected chi connectivity index (χ2v) is 5.25. The average molecular weight is 260 g/mol. The van der Waals surface area contributed by atoms with Gasteiger partial charge in [0.15, 0.2) is 11.1 Å². The molecule has 0 bridgehead atoms. The number of fused-ring (bicyclic) bond motifs is 1. The first-order valence-corrected chi connectivity index (χ1v) is 6.30. The maximum Gasteiger partial charge on any atom is 0.230 e. The summed E-state index contributed by atoms with van der Waals surface area (Å²) < 4.78 is 11.0. The van der Waals surface area contributed by atoms with Crippen LogP contribution in [-0.4, -0.2) is 12.1 Å². The number of thiophene rings is 1. The van der Waals surface area contributed by atoms with Gasteiger partial charge in [-0.05, 0) is 25.1 Å². The number of para-hydroxylation sites is 1. The highest BCUT2D eigenvalue weighted by atomic mass is 32.1. The molecule has 0 amide bonds. The van der Waals surface area contributed by atoms with Crippen LogP contribution in [0.1, 0.15) is 4.88 Å². The maximum atomic E-state index is 5.95. The summed E-state index contributed by atoms with van der Waals surface area (Å²) in [6.45, 7) is 2.01. The standard InChI is InChI=1S/C13H12N2O2S/c1-7-6-8(12(14)18-7)13-15-11-9(16-2)4-3-5-10(11)17-13/h3-6H,14H2,1-2H3. The van der Waals surface area contributed by atoms with Crippen LogP contribution in [0.4, 0.5) is 5.00 Å². The quantitative estimate of drug-likeness (QED) is 0.766. The molecule has 2 heterocycles. The van der Waals surface area contributed by atoms with E-state index in [-0.39, 0.29) is 0 Å². The number of nitrogens with zero attached hydrogens (tertiary/aromatic N) is 1. The normalized spacial score (nSPS) is 11.0. The van der Waals surface area contributed by atoms with Crippen LogP contribution in [0.2, 0.25) is 0 Å². The zero-order valence-corrected chi connectivity index (χ0v) is 10.9. The third-order valence-corrected chi connectivity index (χ3v) is 3.60. The minimum absolute atomic E-state index is 0.538. The van der Waals surface area contributed by atoms with Gasteiger partial charge in [0, 0.05) is 4.88 Å². The monoisotopic (exact) mass is 260 g/mol. The summed E-state index contributed by atoms with van der Waals surface area (Å²) >= 11 is 1.53. The van der Waals surface area contributed by atoms with E-state index in [0.29, 0.717) is 17.2 Å². The summed E-state index contributed by atoms with van der Waals surface area (Å²) in [4.78, 5) is 5.60. The zero-order valence-electron chi connectivity index (χ0n) is 10.1. The van der Waals surface area contributed by atoms with Gasteiger partial charge in [0.25, 0.3) is 0 Å². The molecular formula is C13H12N2O2S. The first-order chi connectivity index (χ1) is 8.69. The van der Waals surface area contributed by atoms with Gasteiger partial charge in [0.2, 0.25) is 5.89 Å². The summed E-state index contributed by atoms with van der Waals surface area (Å²) in [6.07, 6.45) is 0. The molecule has 2 N–H and O–H groups in total. The van der Waals surface area contributed by atoms with Crippen LogP contribution in [0.3, 0.4) is 0 Å². The van der Waals surface area contributed by atoms with Crippen LogP contribution < -0.4 is 10.5 Å². The van der Waals surface area contributed by atoms with E-state index < -0.39 is 0 Å². The van der Waals surface area contributed by atoms with Gasteiger partial charge in [-0.3, -0.25) is 0 Å². The molecule has 0 fully saturated rings. The molecule has 2 aromatic heterocycles. The molecular weight excluding hydrogens is 248 g/mol. The first-order valence-electron chi connectivity index (χ1n) is 5.49. The van der Waals surface area contributed by atoms with Crippen molar-refractivity contribution in [2.75, 3.05) is 12.8 Å². The largest absolute Gasteiger partial charge is 0.494 e. The molecule has 0 unspecified atom stereocenters. The van der Waals surface area contributed by atoms with Crippen LogP contribution in [0.5, 0.6) is 5.75 Å². The number of rotatable bonds is 2. The van der Waals surface area contributed by atoms with Crippen LogP contribution in [0.15, 0.2) is 28.7 Å². The number of aryl methyl sites for hydroxylation is 1. The van der Waals surface area contributed by atoms with E-state index >= 15 is 0 Å². The van der Waals surface area contributed by atoms with Gasteiger partial charge in [-0.1, -0.05) is 6.07 Å². The summed E-state index contributed by atoms with van der Waals surface area (Å²) in [7, 11) is 1.62. The van der Waals surface area contributed by atoms with Gasteiger partial charge in [-0.25, -0.2) is 4.98 Å². The third kappa shape index (κ3) is 1.64. The lowest BCUT2D eigenvalue weighted by Crippen LogP contribution is -1.84. The Hall–Kier alpha value is -2.01. The number of nitrogens with two attached hydrogens (primary N) is 1. The van der Waals surface area contributed by atoms with E-state index in [1.165, 1.54) is 11.3 Å². The fourth-order valence-corrected chi connectivity index (χ4v) is 2.68. The Morgan fingerprint density at radius 3 is 2.89 bits per heavy atom. The number of anilines is 1. The van der Waals surface area contributed by atoms with E-state index in [1.807, 2.05) is 31.2 Å². The molecule has 0 atom stereocenters. The van der Waals surface area contributed by atoms with Crippen molar-refractivity contribution >= 4 is 27.4 Å². The molecule has 0 saturated carbocycles. The van der Waals surface area contributed by atoms with Gasteiger partial charge in [0.05, 0.1) is 17.7 Å². The lowest BCUT2D eigenvalue weighted by Gasteiger charge is -1.96. The number of oxazole rings is 1. The maximum absolute atomic E-state index is 5.95. The molecule has 3 rings (SSSR count). The molecule has 92 valence electrons. The summed E-state index contributed by atoms with van der Waals surface area (Å²) in [6, 6.07) is 7.58. The Labute approximate surface area is 108 Å². The zero-order chi connectivity index (χ0) is 12.7. The van der Waals surface area contributed by atoms with Crippen molar-refractivity contribution in [2.24, 2.45) is 0 Å². The lowest BCUT2D eigenvalue weighted by atomic mass is 10.3. The molecule has 0 saturated heterocycles. The van der Waals surface area contributed by atoms with Crippen LogP contribution in [0, 0.1) is 6.92 Å². The first kappa shape index (κ1) is 11.1. The van der Waals surface area contributed by atoms with Gasteiger partial charge in [-0.2, -0.15) is 0 Å². The van der Waals surface area contributed by atoms with Crippen molar-refractivity contribution < 1.29 is 9.15 Å². The van der Waals surface area contributed by atoms with Gasteiger partial charge < -0.3 is 14.9 Å². The molecule has 0 aliphatic carbocycles. The number of nitrogen functional groups attached to an aromatic ring is 1. The van der Waals surface area contributed by atoms with Crippen LogP contribution in [-0.2, 0) is 0 Å². The van der Waals surface area contributed by atoms with Crippen molar-refractivity contribution in [3.8, 4) is 17.2 Å². The van der Waals surface area contributed by atoms with Crippen LogP contribution in [0.25, 0.3) is 22.6 Å². The van der Waals surface area contributed by atoms with E-state index in [1.54, 1.807) is 7.11 Å². The molecule has 0 radical (unpaired) electrons. The minimum atomic E-state index is 0.538. The Morgan fingerprint density at radius 1 is 1.39 bits per heavy atom. The van der Waals surface area contributed by atoms with Crippen molar-refractivity contribution in [1.29, 1.82) is 0 Å². The second kappa shape index (κ2) is 4.03. The summed E-state index contributed by atoms with van der Waals surface area (Å²) in [5, 5.41) is 0.720. The Kier molecular flexibility index (Phi) is 2.48. The Bertz CT molecular complexity index is 715. The van der Waals surface area contributed by atoms with Gasteiger partial charge in [0.1, 0.15) is 5.75 Å². The van der Waals surface area contributed by atoms with Crippen molar-refractivity contribution in [3.63, 3.8) is 0 Å². The number of hydrogen-bond acceptors (Lipinski definition) is 5. The number of benzene rings is 1.